The third-order valence-corrected chi connectivity index (χ3v) is 7.12. The molecule has 0 fully saturated rings. The number of carbonyl (C=O) groups is 1. The Balaban J connectivity index is 0.00000380. The Kier molecular flexibility index (Phi) is 8.88. The second-order valence-electron chi connectivity index (χ2n) is 8.27. The van der Waals surface area contributed by atoms with E-state index < -0.39 is 22.0 Å². The molecule has 0 amide bonds. The van der Waals surface area contributed by atoms with Crippen LogP contribution in [-0.4, -0.2) is 31.4 Å². The van der Waals surface area contributed by atoms with Crippen molar-refractivity contribution in [1.29, 1.82) is 5.41 Å². The summed E-state index contributed by atoms with van der Waals surface area (Å²) in [4.78, 5) is 11.8. The smallest absolute Gasteiger partial charge is 0.322 e. The second-order valence-corrected chi connectivity index (χ2v) is 9.99. The lowest BCUT2D eigenvalue weighted by atomic mass is 10.0. The first kappa shape index (κ1) is 27.7. The number of carboxylic acids is 1. The molecule has 10 heteroatoms. The first-order valence-electron chi connectivity index (χ1n) is 11.1. The highest BCUT2D eigenvalue weighted by molar-refractivity contribution is 7.89. The summed E-state index contributed by atoms with van der Waals surface area (Å²) in [7, 11) is -3.97. The zero-order valence-corrected chi connectivity index (χ0v) is 21.3. The first-order chi connectivity index (χ1) is 17.2. The molecule has 1 unspecified atom stereocenters. The van der Waals surface area contributed by atoms with Crippen LogP contribution in [0.4, 0.5) is 0 Å². The Morgan fingerprint density at radius 1 is 0.919 bits per heavy atom. The van der Waals surface area contributed by atoms with Crippen LogP contribution in [0.2, 0.25) is 0 Å². The minimum absolute atomic E-state index is 0. The van der Waals surface area contributed by atoms with Crippen molar-refractivity contribution in [1.82, 2.24) is 4.72 Å². The molecule has 0 aliphatic rings. The molecule has 4 aromatic rings. The molecule has 0 spiro atoms. The van der Waals surface area contributed by atoms with Gasteiger partial charge < -0.3 is 15.6 Å². The monoisotopic (exact) mass is 539 g/mol. The third kappa shape index (κ3) is 7.07. The van der Waals surface area contributed by atoms with E-state index in [2.05, 4.69) is 4.72 Å². The number of amidine groups is 1. The third-order valence-electron chi connectivity index (χ3n) is 5.64. The van der Waals surface area contributed by atoms with Gasteiger partial charge in [-0.05, 0) is 52.6 Å². The molecular weight excluding hydrogens is 514 g/mol. The highest BCUT2D eigenvalue weighted by atomic mass is 35.5. The normalized spacial score (nSPS) is 11.9. The predicted octanol–water partition coefficient (Wildman–Crippen LogP) is 4.10. The van der Waals surface area contributed by atoms with Crippen molar-refractivity contribution in [3.8, 4) is 5.75 Å². The Hall–Kier alpha value is -3.92. The van der Waals surface area contributed by atoms with Crippen molar-refractivity contribution in [2.45, 2.75) is 24.0 Å². The number of aliphatic carboxylic acids is 1. The molecule has 0 aliphatic heterocycles. The summed E-state index contributed by atoms with van der Waals surface area (Å²) in [5.41, 5.74) is 7.75. The molecule has 0 bridgehead atoms. The summed E-state index contributed by atoms with van der Waals surface area (Å²) in [5, 5.41) is 18.9. The lowest BCUT2D eigenvalue weighted by molar-refractivity contribution is -0.138. The van der Waals surface area contributed by atoms with E-state index in [0.717, 1.165) is 16.3 Å². The number of hydrogen-bond donors (Lipinski definition) is 4. The zero-order chi connectivity index (χ0) is 25.7. The highest BCUT2D eigenvalue weighted by Gasteiger charge is 2.25. The number of nitrogens with two attached hydrogens (primary N) is 1. The maximum atomic E-state index is 12.6. The van der Waals surface area contributed by atoms with Crippen LogP contribution in [0, 0.1) is 5.41 Å². The number of carboxylic acid groups (broad SMARTS) is 1. The first-order valence-corrected chi connectivity index (χ1v) is 12.6. The average Bonchev–Trinajstić information content (AvgIpc) is 2.87. The van der Waals surface area contributed by atoms with Gasteiger partial charge in [-0.3, -0.25) is 10.2 Å². The van der Waals surface area contributed by atoms with Crippen molar-refractivity contribution in [3.05, 3.63) is 108 Å². The molecule has 0 radical (unpaired) electrons. The maximum Gasteiger partial charge on any atom is 0.322 e. The number of sulfonamides is 1. The Labute approximate surface area is 221 Å². The van der Waals surface area contributed by atoms with Crippen molar-refractivity contribution in [3.63, 3.8) is 0 Å². The quantitative estimate of drug-likeness (QED) is 0.176. The number of hydrogen-bond acceptors (Lipinski definition) is 5. The molecule has 192 valence electrons. The molecule has 0 saturated heterocycles. The van der Waals surface area contributed by atoms with E-state index in [0.29, 0.717) is 23.5 Å². The topological polar surface area (TPSA) is 143 Å². The van der Waals surface area contributed by atoms with E-state index in [9.17, 15) is 18.3 Å². The van der Waals surface area contributed by atoms with Crippen LogP contribution in [-0.2, 0) is 27.8 Å². The molecule has 0 aromatic heterocycles. The van der Waals surface area contributed by atoms with Gasteiger partial charge in [0, 0.05) is 5.56 Å². The van der Waals surface area contributed by atoms with Gasteiger partial charge in [0.2, 0.25) is 10.0 Å². The molecule has 4 aromatic carbocycles. The summed E-state index contributed by atoms with van der Waals surface area (Å²) < 4.78 is 33.4. The summed E-state index contributed by atoms with van der Waals surface area (Å²) in [5.74, 6) is -0.570. The fourth-order valence-electron chi connectivity index (χ4n) is 3.71. The van der Waals surface area contributed by atoms with Crippen LogP contribution in [0.1, 0.15) is 16.7 Å². The van der Waals surface area contributed by atoms with Crippen LogP contribution in [0.25, 0.3) is 10.8 Å². The van der Waals surface area contributed by atoms with Gasteiger partial charge >= 0.3 is 5.97 Å². The largest absolute Gasteiger partial charge is 0.489 e. The highest BCUT2D eigenvalue weighted by Crippen LogP contribution is 2.24. The molecule has 0 saturated carbocycles. The van der Waals surface area contributed by atoms with Crippen LogP contribution < -0.4 is 15.2 Å². The summed E-state index contributed by atoms with van der Waals surface area (Å²) >= 11 is 0. The number of fused-ring (bicyclic) bond motifs is 1. The summed E-state index contributed by atoms with van der Waals surface area (Å²) in [6.07, 6.45) is -0.00809. The molecule has 0 heterocycles. The van der Waals surface area contributed by atoms with Gasteiger partial charge in [-0.15, -0.1) is 12.4 Å². The number of rotatable bonds is 10. The Morgan fingerprint density at radius 2 is 1.54 bits per heavy atom. The number of benzene rings is 4. The molecule has 4 rings (SSSR count). The lowest BCUT2D eigenvalue weighted by Gasteiger charge is -2.15. The molecule has 8 nitrogen and oxygen atoms in total. The standard InChI is InChI=1S/C27H25N3O5S.ClH/c28-26(29)20-9-6-18(7-10-20)17-35-23-13-12-21-14-19(8-11-22(21)16-23)15-25(27(31)32)30-36(33,34)24-4-2-1-3-5-24;/h1-14,16,25,30H,15,17H2,(H3,28,29)(H,31,32);1H. The van der Waals surface area contributed by atoms with E-state index in [1.165, 1.54) is 12.1 Å². The van der Waals surface area contributed by atoms with Crippen molar-refractivity contribution < 1.29 is 23.1 Å². The maximum absolute atomic E-state index is 12.6. The van der Waals surface area contributed by atoms with Crippen LogP contribution in [0.15, 0.2) is 95.9 Å². The molecule has 5 N–H and O–H groups in total. The second kappa shape index (κ2) is 11.9. The van der Waals surface area contributed by atoms with E-state index in [4.69, 9.17) is 15.9 Å². The van der Waals surface area contributed by atoms with E-state index in [1.807, 2.05) is 42.5 Å². The number of nitrogen functional groups attached to an aromatic ring is 1. The summed E-state index contributed by atoms with van der Waals surface area (Å²) in [6, 6.07) is 24.7. The SMILES string of the molecule is Cl.N=C(N)c1ccc(COc2ccc3cc(CC(NS(=O)(=O)c4ccccc4)C(=O)O)ccc3c2)cc1. The van der Waals surface area contributed by atoms with E-state index in [-0.39, 0.29) is 29.6 Å². The fourth-order valence-corrected chi connectivity index (χ4v) is 4.92. The van der Waals surface area contributed by atoms with Gasteiger partial charge in [0.25, 0.3) is 0 Å². The van der Waals surface area contributed by atoms with Gasteiger partial charge in [0.1, 0.15) is 24.2 Å². The number of halogens is 1. The predicted molar refractivity (Wildman–Crippen MR) is 145 cm³/mol. The van der Waals surface area contributed by atoms with Crippen molar-refractivity contribution >= 4 is 45.0 Å². The van der Waals surface area contributed by atoms with Gasteiger partial charge in [0.05, 0.1) is 4.90 Å². The average molecular weight is 540 g/mol. The Bertz CT molecular complexity index is 1510. The Morgan fingerprint density at radius 3 is 2.19 bits per heavy atom. The zero-order valence-electron chi connectivity index (χ0n) is 19.6. The van der Waals surface area contributed by atoms with E-state index in [1.54, 1.807) is 36.4 Å². The van der Waals surface area contributed by atoms with Crippen LogP contribution in [0.5, 0.6) is 5.75 Å². The molecule has 1 atom stereocenters. The minimum atomic E-state index is -3.97. The van der Waals surface area contributed by atoms with Crippen LogP contribution in [0.3, 0.4) is 0 Å². The number of nitrogens with one attached hydrogen (secondary N) is 2. The van der Waals surface area contributed by atoms with Gasteiger partial charge in [-0.25, -0.2) is 8.42 Å². The van der Waals surface area contributed by atoms with Crippen molar-refractivity contribution in [2.75, 3.05) is 0 Å². The van der Waals surface area contributed by atoms with Gasteiger partial charge in [-0.2, -0.15) is 4.72 Å². The van der Waals surface area contributed by atoms with E-state index >= 15 is 0 Å². The lowest BCUT2D eigenvalue weighted by Crippen LogP contribution is -2.42. The molecular formula is C27H26ClN3O5S. The van der Waals surface area contributed by atoms with Crippen LogP contribution >= 0.6 is 12.4 Å². The minimum Gasteiger partial charge on any atom is -0.489 e. The van der Waals surface area contributed by atoms with Gasteiger partial charge in [-0.1, -0.05) is 66.7 Å². The summed E-state index contributed by atoms with van der Waals surface area (Å²) in [6.45, 7) is 0.351. The van der Waals surface area contributed by atoms with Gasteiger partial charge in [0.15, 0.2) is 0 Å². The fraction of sp³-hybridized carbons (Fsp3) is 0.111. The number of ether oxygens (including phenoxy) is 1. The van der Waals surface area contributed by atoms with Crippen molar-refractivity contribution in [2.24, 2.45) is 5.73 Å². The molecule has 0 aliphatic carbocycles. The molecule has 37 heavy (non-hydrogen) atoms.